The molecule has 0 amide bonds. The molecular formula is C27H25F6N5. The Labute approximate surface area is 215 Å². The molecule has 5 nitrogen and oxygen atoms in total. The minimum atomic E-state index is -4.62. The van der Waals surface area contributed by atoms with Crippen LogP contribution in [0.1, 0.15) is 37.6 Å². The topological polar surface area (TPSA) is 62.7 Å². The minimum absolute atomic E-state index is 0.00166. The van der Waals surface area contributed by atoms with Crippen molar-refractivity contribution in [3.8, 4) is 11.4 Å². The van der Waals surface area contributed by atoms with Crippen molar-refractivity contribution < 1.29 is 26.3 Å². The standard InChI is InChI=1S/C27H25F6N5/c1-25(2,3)15-34-14-18-13-22(36-17-8-6-16(7-9-17)26(28,29)30)19-10-11-21(38-24(19)37-18)23-20(27(31,32)33)5-4-12-35-23/h4-13,34H,14-15H2,1-3H3,(H,36,37,38). The van der Waals surface area contributed by atoms with Crippen molar-refractivity contribution in [1.29, 1.82) is 0 Å². The van der Waals surface area contributed by atoms with Crippen molar-refractivity contribution in [1.82, 2.24) is 20.3 Å². The molecule has 3 heterocycles. The number of benzene rings is 1. The molecule has 0 bridgehead atoms. The zero-order valence-corrected chi connectivity index (χ0v) is 20.8. The predicted molar refractivity (Wildman–Crippen MR) is 134 cm³/mol. The van der Waals surface area contributed by atoms with Crippen LogP contribution in [0.25, 0.3) is 22.4 Å². The monoisotopic (exact) mass is 533 g/mol. The fraction of sp³-hybridized carbons (Fsp3) is 0.296. The molecule has 0 fully saturated rings. The van der Waals surface area contributed by atoms with Gasteiger partial charge in [-0.15, -0.1) is 0 Å². The van der Waals surface area contributed by atoms with Crippen molar-refractivity contribution in [2.45, 2.75) is 39.7 Å². The number of nitrogens with one attached hydrogen (secondary N) is 2. The van der Waals surface area contributed by atoms with Crippen LogP contribution in [0.15, 0.2) is 60.8 Å². The highest BCUT2D eigenvalue weighted by atomic mass is 19.4. The molecule has 0 atom stereocenters. The summed E-state index contributed by atoms with van der Waals surface area (Å²) in [5, 5.41) is 6.87. The maximum atomic E-state index is 13.6. The van der Waals surface area contributed by atoms with Crippen LogP contribution in [0.4, 0.5) is 37.7 Å². The van der Waals surface area contributed by atoms with E-state index in [-0.39, 0.29) is 22.5 Å². The van der Waals surface area contributed by atoms with Gasteiger partial charge in [0.05, 0.1) is 28.2 Å². The Hall–Kier alpha value is -3.73. The summed E-state index contributed by atoms with van der Waals surface area (Å²) in [6, 6.07) is 11.4. The summed E-state index contributed by atoms with van der Waals surface area (Å²) in [4.78, 5) is 12.9. The van der Waals surface area contributed by atoms with Crippen molar-refractivity contribution in [3.05, 3.63) is 77.6 Å². The van der Waals surface area contributed by atoms with Gasteiger partial charge >= 0.3 is 12.4 Å². The summed E-state index contributed by atoms with van der Waals surface area (Å²) in [6.45, 7) is 7.20. The van der Waals surface area contributed by atoms with Gasteiger partial charge < -0.3 is 10.6 Å². The van der Waals surface area contributed by atoms with Gasteiger partial charge in [0, 0.05) is 30.4 Å². The third-order valence-electron chi connectivity index (χ3n) is 5.53. The van der Waals surface area contributed by atoms with E-state index in [1.54, 1.807) is 12.1 Å². The van der Waals surface area contributed by atoms with Gasteiger partial charge in [-0.1, -0.05) is 20.8 Å². The van der Waals surface area contributed by atoms with Crippen LogP contribution < -0.4 is 10.6 Å². The lowest BCUT2D eigenvalue weighted by molar-refractivity contribution is -0.138. The zero-order valence-electron chi connectivity index (χ0n) is 20.8. The van der Waals surface area contributed by atoms with Crippen LogP contribution in [0, 0.1) is 5.41 Å². The molecule has 1 aromatic carbocycles. The van der Waals surface area contributed by atoms with Crippen molar-refractivity contribution in [3.63, 3.8) is 0 Å². The average Bonchev–Trinajstić information content (AvgIpc) is 2.82. The van der Waals surface area contributed by atoms with Crippen LogP contribution in [0.2, 0.25) is 0 Å². The zero-order chi connectivity index (χ0) is 27.7. The largest absolute Gasteiger partial charge is 0.418 e. The second kappa shape index (κ2) is 10.2. The lowest BCUT2D eigenvalue weighted by Crippen LogP contribution is -2.26. The quantitative estimate of drug-likeness (QED) is 0.250. The normalized spacial score (nSPS) is 12.7. The first kappa shape index (κ1) is 27.3. The Kier molecular flexibility index (Phi) is 7.33. The van der Waals surface area contributed by atoms with Gasteiger partial charge in [-0.05, 0) is 60.0 Å². The van der Waals surface area contributed by atoms with E-state index in [2.05, 4.69) is 46.4 Å². The molecule has 0 unspecified atom stereocenters. The number of pyridine rings is 3. The number of aromatic nitrogens is 3. The molecule has 0 aliphatic heterocycles. The number of fused-ring (bicyclic) bond motifs is 1. The Morgan fingerprint density at radius 3 is 2.16 bits per heavy atom. The number of hydrogen-bond donors (Lipinski definition) is 2. The minimum Gasteiger partial charge on any atom is -0.355 e. The molecule has 11 heteroatoms. The smallest absolute Gasteiger partial charge is 0.355 e. The SMILES string of the molecule is CC(C)(C)CNCc1cc(Nc2ccc(C(F)(F)F)cc2)c2ccc(-c3ncccc3C(F)(F)F)nc2n1. The van der Waals surface area contributed by atoms with E-state index in [0.29, 0.717) is 35.5 Å². The van der Waals surface area contributed by atoms with Gasteiger partial charge in [-0.25, -0.2) is 9.97 Å². The molecule has 4 aromatic rings. The van der Waals surface area contributed by atoms with E-state index in [1.165, 1.54) is 30.5 Å². The van der Waals surface area contributed by atoms with Crippen LogP contribution in [0.5, 0.6) is 0 Å². The summed E-state index contributed by atoms with van der Waals surface area (Å²) in [6.07, 6.45) is -7.83. The van der Waals surface area contributed by atoms with Gasteiger partial charge in [-0.3, -0.25) is 4.98 Å². The number of hydrogen-bond acceptors (Lipinski definition) is 5. The highest BCUT2D eigenvalue weighted by molar-refractivity contribution is 5.92. The Morgan fingerprint density at radius 2 is 1.53 bits per heavy atom. The highest BCUT2D eigenvalue weighted by Crippen LogP contribution is 2.36. The first-order chi connectivity index (χ1) is 17.7. The molecule has 0 saturated carbocycles. The molecule has 0 aliphatic carbocycles. The van der Waals surface area contributed by atoms with E-state index in [0.717, 1.165) is 18.2 Å². The Balaban J connectivity index is 1.77. The summed E-state index contributed by atoms with van der Waals surface area (Å²) in [5.41, 5.74) is -0.407. The molecular weight excluding hydrogens is 508 g/mol. The van der Waals surface area contributed by atoms with Crippen molar-refractivity contribution in [2.24, 2.45) is 5.41 Å². The van der Waals surface area contributed by atoms with Crippen LogP contribution in [-0.4, -0.2) is 21.5 Å². The molecule has 0 saturated heterocycles. The van der Waals surface area contributed by atoms with Crippen LogP contribution in [0.3, 0.4) is 0 Å². The number of halogens is 6. The average molecular weight is 534 g/mol. The molecule has 0 radical (unpaired) electrons. The summed E-state index contributed by atoms with van der Waals surface area (Å²) in [5.74, 6) is 0. The van der Waals surface area contributed by atoms with Crippen LogP contribution in [-0.2, 0) is 18.9 Å². The van der Waals surface area contributed by atoms with Gasteiger partial charge in [-0.2, -0.15) is 26.3 Å². The van der Waals surface area contributed by atoms with Gasteiger partial charge in [0.2, 0.25) is 0 Å². The molecule has 4 rings (SSSR count). The number of anilines is 2. The van der Waals surface area contributed by atoms with E-state index < -0.39 is 23.5 Å². The van der Waals surface area contributed by atoms with Crippen LogP contribution >= 0.6 is 0 Å². The molecule has 200 valence electrons. The molecule has 0 aliphatic rings. The van der Waals surface area contributed by atoms with Gasteiger partial charge in [0.15, 0.2) is 5.65 Å². The fourth-order valence-electron chi connectivity index (χ4n) is 3.78. The first-order valence-corrected chi connectivity index (χ1v) is 11.7. The fourth-order valence-corrected chi connectivity index (χ4v) is 3.78. The second-order valence-corrected chi connectivity index (χ2v) is 9.99. The Bertz CT molecular complexity index is 1420. The Morgan fingerprint density at radius 1 is 0.816 bits per heavy atom. The second-order valence-electron chi connectivity index (χ2n) is 9.99. The van der Waals surface area contributed by atoms with E-state index in [1.807, 2.05) is 0 Å². The molecule has 3 aromatic heterocycles. The third-order valence-corrected chi connectivity index (χ3v) is 5.53. The highest BCUT2D eigenvalue weighted by Gasteiger charge is 2.34. The number of alkyl halides is 6. The summed E-state index contributed by atoms with van der Waals surface area (Å²) >= 11 is 0. The number of nitrogens with zero attached hydrogens (tertiary/aromatic N) is 3. The molecule has 38 heavy (non-hydrogen) atoms. The number of rotatable bonds is 6. The lowest BCUT2D eigenvalue weighted by atomic mass is 9.97. The van der Waals surface area contributed by atoms with E-state index >= 15 is 0 Å². The molecule has 2 N–H and O–H groups in total. The lowest BCUT2D eigenvalue weighted by Gasteiger charge is -2.19. The third kappa shape index (κ3) is 6.58. The molecule has 0 spiro atoms. The predicted octanol–water partition coefficient (Wildman–Crippen LogP) is 7.61. The van der Waals surface area contributed by atoms with Crippen molar-refractivity contribution in [2.75, 3.05) is 11.9 Å². The van der Waals surface area contributed by atoms with Gasteiger partial charge in [0.1, 0.15) is 5.69 Å². The maximum Gasteiger partial charge on any atom is 0.418 e. The first-order valence-electron chi connectivity index (χ1n) is 11.7. The summed E-state index contributed by atoms with van der Waals surface area (Å²) in [7, 11) is 0. The summed E-state index contributed by atoms with van der Waals surface area (Å²) < 4.78 is 79.7. The van der Waals surface area contributed by atoms with E-state index in [4.69, 9.17) is 0 Å². The van der Waals surface area contributed by atoms with Crippen molar-refractivity contribution >= 4 is 22.4 Å². The maximum absolute atomic E-state index is 13.6. The van der Waals surface area contributed by atoms with E-state index in [9.17, 15) is 26.3 Å². The van der Waals surface area contributed by atoms with Gasteiger partial charge in [0.25, 0.3) is 0 Å².